The summed E-state index contributed by atoms with van der Waals surface area (Å²) >= 11 is 0. The van der Waals surface area contributed by atoms with Crippen LogP contribution in [0, 0.1) is 5.82 Å². The molecule has 1 aliphatic rings. The number of nitrogens with zero attached hydrogens (tertiary/aromatic N) is 4. The van der Waals surface area contributed by atoms with Crippen molar-refractivity contribution in [1.82, 2.24) is 19.5 Å². The van der Waals surface area contributed by atoms with Crippen molar-refractivity contribution in [3.8, 4) is 0 Å². The third-order valence-corrected chi connectivity index (χ3v) is 6.28. The Kier molecular flexibility index (Phi) is 6.07. The van der Waals surface area contributed by atoms with Crippen LogP contribution in [0.25, 0.3) is 11.2 Å². The van der Waals surface area contributed by atoms with Gasteiger partial charge in [0, 0.05) is 19.3 Å². The fourth-order valence-corrected chi connectivity index (χ4v) is 4.16. The van der Waals surface area contributed by atoms with Crippen LogP contribution in [-0.2, 0) is 14.6 Å². The highest BCUT2D eigenvalue weighted by atomic mass is 32.2. The lowest BCUT2D eigenvalue weighted by Crippen LogP contribution is -2.36. The second kappa shape index (κ2) is 8.81. The van der Waals surface area contributed by atoms with E-state index in [4.69, 9.17) is 4.74 Å². The molecule has 1 aromatic carbocycles. The highest BCUT2D eigenvalue weighted by Gasteiger charge is 2.22. The topological polar surface area (TPSA) is 106 Å². The molecule has 0 bridgehead atoms. The Morgan fingerprint density at radius 2 is 2.03 bits per heavy atom. The summed E-state index contributed by atoms with van der Waals surface area (Å²) in [7, 11) is -3.51. The molecule has 1 aliphatic heterocycles. The maximum Gasteiger partial charge on any atom is 0.410 e. The van der Waals surface area contributed by atoms with Crippen LogP contribution in [0.5, 0.6) is 0 Å². The molecule has 0 atom stereocenters. The van der Waals surface area contributed by atoms with Gasteiger partial charge in [0.15, 0.2) is 15.5 Å². The summed E-state index contributed by atoms with van der Waals surface area (Å²) in [5, 5.41) is 7.34. The molecule has 0 fully saturated rings. The number of rotatable bonds is 5. The van der Waals surface area contributed by atoms with Gasteiger partial charge in [0.1, 0.15) is 5.82 Å². The molecule has 3 aromatic rings. The molecule has 0 aliphatic carbocycles. The van der Waals surface area contributed by atoms with Gasteiger partial charge in [-0.2, -0.15) is 5.10 Å². The van der Waals surface area contributed by atoms with E-state index in [1.807, 2.05) is 19.9 Å². The van der Waals surface area contributed by atoms with Crippen LogP contribution in [0.3, 0.4) is 0 Å². The summed E-state index contributed by atoms with van der Waals surface area (Å²) in [5.74, 6) is -0.692. The molecule has 1 N–H and O–H groups in total. The van der Waals surface area contributed by atoms with Gasteiger partial charge in [-0.05, 0) is 50.1 Å². The highest BCUT2D eigenvalue weighted by molar-refractivity contribution is 7.90. The lowest BCUT2D eigenvalue weighted by atomic mass is 10.1. The van der Waals surface area contributed by atoms with E-state index in [1.54, 1.807) is 27.9 Å². The maximum absolute atomic E-state index is 14.5. The molecule has 0 saturated carbocycles. The number of hydrogen-bond donors (Lipinski definition) is 1. The number of imidazole rings is 1. The number of halogens is 1. The van der Waals surface area contributed by atoms with E-state index in [0.29, 0.717) is 30.8 Å². The number of carbonyl (C=O) groups is 1. The number of aromatic nitrogens is 3. The van der Waals surface area contributed by atoms with Gasteiger partial charge >= 0.3 is 6.09 Å². The van der Waals surface area contributed by atoms with E-state index in [9.17, 15) is 17.6 Å². The third kappa shape index (κ3) is 4.82. The SMILES string of the molecule is CC(C)OC(=O)N1CC=C(c2cnc3c(Nc4ccc(S(C)(=O)=O)cc4F)ccnn23)CC1. The zero-order valence-electron chi connectivity index (χ0n) is 18.4. The number of nitrogens with one attached hydrogen (secondary N) is 1. The Morgan fingerprint density at radius 1 is 1.24 bits per heavy atom. The first-order valence-corrected chi connectivity index (χ1v) is 12.3. The van der Waals surface area contributed by atoms with Gasteiger partial charge in [0.2, 0.25) is 0 Å². The largest absolute Gasteiger partial charge is 0.447 e. The lowest BCUT2D eigenvalue weighted by Gasteiger charge is -2.26. The molecule has 0 spiro atoms. The first-order chi connectivity index (χ1) is 15.6. The van der Waals surface area contributed by atoms with Crippen molar-refractivity contribution in [3.05, 3.63) is 54.2 Å². The van der Waals surface area contributed by atoms with Crippen molar-refractivity contribution < 1.29 is 22.3 Å². The van der Waals surface area contributed by atoms with Crippen LogP contribution in [-0.4, -0.2) is 59.5 Å². The Balaban J connectivity index is 1.58. The van der Waals surface area contributed by atoms with Crippen molar-refractivity contribution in [2.24, 2.45) is 0 Å². The minimum atomic E-state index is -3.51. The van der Waals surface area contributed by atoms with Crippen molar-refractivity contribution in [2.75, 3.05) is 24.7 Å². The van der Waals surface area contributed by atoms with Crippen LogP contribution >= 0.6 is 0 Å². The molecular formula is C22H24FN5O4S. The normalized spacial score (nSPS) is 14.5. The Labute approximate surface area is 190 Å². The number of benzene rings is 1. The maximum atomic E-state index is 14.5. The molecule has 3 heterocycles. The van der Waals surface area contributed by atoms with E-state index < -0.39 is 15.7 Å². The molecule has 0 radical (unpaired) electrons. The fraction of sp³-hybridized carbons (Fsp3) is 0.318. The fourth-order valence-electron chi connectivity index (χ4n) is 3.53. The molecule has 11 heteroatoms. The third-order valence-electron chi connectivity index (χ3n) is 5.17. The first-order valence-electron chi connectivity index (χ1n) is 10.4. The smallest absolute Gasteiger partial charge is 0.410 e. The molecular weight excluding hydrogens is 449 g/mol. The van der Waals surface area contributed by atoms with Crippen LogP contribution in [0.15, 0.2) is 47.6 Å². The number of sulfone groups is 1. The van der Waals surface area contributed by atoms with Crippen LogP contribution in [0.1, 0.15) is 26.0 Å². The molecule has 9 nitrogen and oxygen atoms in total. The number of carbonyl (C=O) groups excluding carboxylic acids is 1. The Bertz CT molecular complexity index is 1350. The first kappa shape index (κ1) is 22.7. The summed E-state index contributed by atoms with van der Waals surface area (Å²) < 4.78 is 44.7. The average Bonchev–Trinajstić information content (AvgIpc) is 3.19. The van der Waals surface area contributed by atoms with Crippen LogP contribution in [0.2, 0.25) is 0 Å². The molecule has 1 amide bonds. The molecule has 33 heavy (non-hydrogen) atoms. The van der Waals surface area contributed by atoms with Crippen molar-refractivity contribution in [3.63, 3.8) is 0 Å². The van der Waals surface area contributed by atoms with Crippen LogP contribution in [0.4, 0.5) is 20.6 Å². The molecule has 174 valence electrons. The predicted molar refractivity (Wildman–Crippen MR) is 122 cm³/mol. The summed E-state index contributed by atoms with van der Waals surface area (Å²) in [5.41, 5.74) is 2.89. The molecule has 4 rings (SSSR count). The summed E-state index contributed by atoms with van der Waals surface area (Å²) in [4.78, 5) is 18.1. The van der Waals surface area contributed by atoms with E-state index >= 15 is 0 Å². The zero-order chi connectivity index (χ0) is 23.8. The van der Waals surface area contributed by atoms with Gasteiger partial charge in [-0.1, -0.05) is 6.08 Å². The quantitative estimate of drug-likeness (QED) is 0.603. The average molecular weight is 474 g/mol. The van der Waals surface area contributed by atoms with Gasteiger partial charge in [0.25, 0.3) is 0 Å². The van der Waals surface area contributed by atoms with Gasteiger partial charge < -0.3 is 15.0 Å². The lowest BCUT2D eigenvalue weighted by molar-refractivity contribution is 0.0799. The second-order valence-electron chi connectivity index (χ2n) is 8.02. The van der Waals surface area contributed by atoms with E-state index in [1.165, 1.54) is 12.1 Å². The van der Waals surface area contributed by atoms with E-state index in [2.05, 4.69) is 15.4 Å². The van der Waals surface area contributed by atoms with Gasteiger partial charge in [-0.3, -0.25) is 0 Å². The van der Waals surface area contributed by atoms with Crippen molar-refractivity contribution in [2.45, 2.75) is 31.3 Å². The Morgan fingerprint density at radius 3 is 2.67 bits per heavy atom. The number of hydrogen-bond acceptors (Lipinski definition) is 7. The standard InChI is InChI=1S/C22H24FN5O4S/c1-14(2)32-22(29)27-10-7-15(8-11-27)20-13-24-21-19(6-9-25-28(20)21)26-18-5-4-16(12-17(18)23)33(3,30)31/h4-7,9,12-14,26H,8,10-11H2,1-3H3. The van der Waals surface area contributed by atoms with Gasteiger partial charge in [0.05, 0.1) is 40.5 Å². The molecule has 2 aromatic heterocycles. The second-order valence-corrected chi connectivity index (χ2v) is 10.0. The summed E-state index contributed by atoms with van der Waals surface area (Å²) in [6.45, 7) is 4.56. The predicted octanol–water partition coefficient (Wildman–Crippen LogP) is 3.65. The van der Waals surface area contributed by atoms with Gasteiger partial charge in [-0.15, -0.1) is 0 Å². The van der Waals surface area contributed by atoms with Gasteiger partial charge in [-0.25, -0.2) is 27.1 Å². The minimum Gasteiger partial charge on any atom is -0.447 e. The zero-order valence-corrected chi connectivity index (χ0v) is 19.3. The molecule has 0 unspecified atom stereocenters. The van der Waals surface area contributed by atoms with E-state index in [0.717, 1.165) is 23.6 Å². The van der Waals surface area contributed by atoms with Crippen molar-refractivity contribution >= 4 is 38.5 Å². The molecule has 0 saturated heterocycles. The number of ether oxygens (including phenoxy) is 1. The van der Waals surface area contributed by atoms with Crippen molar-refractivity contribution in [1.29, 1.82) is 0 Å². The summed E-state index contributed by atoms with van der Waals surface area (Å²) in [6.07, 6.45) is 6.32. The minimum absolute atomic E-state index is 0.0934. The summed E-state index contributed by atoms with van der Waals surface area (Å²) in [6, 6.07) is 5.37. The monoisotopic (exact) mass is 473 g/mol. The van der Waals surface area contributed by atoms with E-state index in [-0.39, 0.29) is 22.8 Å². The highest BCUT2D eigenvalue weighted by Crippen LogP contribution is 2.28. The van der Waals surface area contributed by atoms with Crippen LogP contribution < -0.4 is 5.32 Å². The number of amides is 1. The number of anilines is 2. The number of fused-ring (bicyclic) bond motifs is 1. The Hall–Kier alpha value is -3.47.